The number of piperidine rings is 1. The predicted octanol–water partition coefficient (Wildman–Crippen LogP) is 3.35. The maximum absolute atomic E-state index is 13.0. The lowest BCUT2D eigenvalue weighted by atomic mass is 9.91. The number of unbranched alkanes of at least 4 members (excludes halogenated alkanes) is 2. The number of sulfone groups is 1. The van der Waals surface area contributed by atoms with Crippen molar-refractivity contribution in [1.29, 1.82) is 0 Å². The summed E-state index contributed by atoms with van der Waals surface area (Å²) in [6.07, 6.45) is 3.40. The van der Waals surface area contributed by atoms with Crippen LogP contribution in [0, 0.1) is 11.8 Å². The van der Waals surface area contributed by atoms with E-state index in [2.05, 4.69) is 19.2 Å². The smallest absolute Gasteiger partial charge is 0.255 e. The van der Waals surface area contributed by atoms with Gasteiger partial charge in [0.25, 0.3) is 5.91 Å². The minimum Gasteiger partial charge on any atom is -0.338 e. The van der Waals surface area contributed by atoms with Gasteiger partial charge in [-0.1, -0.05) is 45.7 Å². The first-order valence-corrected chi connectivity index (χ1v) is 11.9. The third-order valence-corrected chi connectivity index (χ3v) is 6.61. The first-order chi connectivity index (χ1) is 13.2. The summed E-state index contributed by atoms with van der Waals surface area (Å²) < 4.78 is 24.2. The van der Waals surface area contributed by atoms with Gasteiger partial charge in [0.05, 0.1) is 17.0 Å². The lowest BCUT2D eigenvalue weighted by Crippen LogP contribution is -2.42. The van der Waals surface area contributed by atoms with E-state index in [0.717, 1.165) is 19.3 Å². The van der Waals surface area contributed by atoms with Gasteiger partial charge in [-0.2, -0.15) is 0 Å². The molecule has 6 nitrogen and oxygen atoms in total. The molecule has 1 saturated heterocycles. The van der Waals surface area contributed by atoms with E-state index in [-0.39, 0.29) is 11.7 Å². The number of rotatable bonds is 8. The van der Waals surface area contributed by atoms with Gasteiger partial charge in [0, 0.05) is 13.1 Å². The van der Waals surface area contributed by atoms with Crippen molar-refractivity contribution in [3.8, 4) is 0 Å². The first kappa shape index (κ1) is 22.4. The van der Waals surface area contributed by atoms with Crippen LogP contribution in [0.4, 0.5) is 5.69 Å². The van der Waals surface area contributed by atoms with Crippen LogP contribution in [0.25, 0.3) is 0 Å². The minimum absolute atomic E-state index is 0.0123. The van der Waals surface area contributed by atoms with Gasteiger partial charge in [-0.25, -0.2) is 8.42 Å². The summed E-state index contributed by atoms with van der Waals surface area (Å²) in [5.74, 6) is -0.405. The van der Waals surface area contributed by atoms with Crippen LogP contribution in [0.2, 0.25) is 0 Å². The number of amides is 2. The van der Waals surface area contributed by atoms with Gasteiger partial charge in [0.15, 0.2) is 9.84 Å². The van der Waals surface area contributed by atoms with Crippen molar-refractivity contribution >= 4 is 27.3 Å². The molecule has 2 amide bonds. The molecule has 0 aromatic heterocycles. The van der Waals surface area contributed by atoms with E-state index < -0.39 is 21.5 Å². The maximum atomic E-state index is 13.0. The molecule has 1 fully saturated rings. The zero-order chi connectivity index (χ0) is 20.7. The van der Waals surface area contributed by atoms with E-state index in [0.29, 0.717) is 42.6 Å². The van der Waals surface area contributed by atoms with Crippen LogP contribution in [-0.4, -0.2) is 49.7 Å². The highest BCUT2D eigenvalue weighted by Gasteiger charge is 2.27. The lowest BCUT2D eigenvalue weighted by Gasteiger charge is -2.35. The maximum Gasteiger partial charge on any atom is 0.255 e. The molecular weight excluding hydrogens is 376 g/mol. The van der Waals surface area contributed by atoms with Gasteiger partial charge in [0.2, 0.25) is 5.91 Å². The number of hydrogen-bond acceptors (Lipinski definition) is 4. The number of carbonyl (C=O) groups is 2. The number of hydrogen-bond donors (Lipinski definition) is 1. The van der Waals surface area contributed by atoms with E-state index in [9.17, 15) is 18.0 Å². The number of benzene rings is 1. The van der Waals surface area contributed by atoms with Crippen molar-refractivity contribution in [3.63, 3.8) is 0 Å². The molecule has 2 atom stereocenters. The normalized spacial score (nSPS) is 20.0. The van der Waals surface area contributed by atoms with E-state index in [1.54, 1.807) is 24.3 Å². The number of nitrogens with one attached hydrogen (secondary N) is 1. The van der Waals surface area contributed by atoms with Crippen LogP contribution >= 0.6 is 0 Å². The molecule has 156 valence electrons. The van der Waals surface area contributed by atoms with Crippen LogP contribution in [0.1, 0.15) is 56.8 Å². The molecule has 1 aromatic carbocycles. The largest absolute Gasteiger partial charge is 0.338 e. The summed E-state index contributed by atoms with van der Waals surface area (Å²) in [6.45, 7) is 7.64. The Morgan fingerprint density at radius 3 is 2.39 bits per heavy atom. The Morgan fingerprint density at radius 1 is 1.11 bits per heavy atom. The molecule has 28 heavy (non-hydrogen) atoms. The molecule has 1 heterocycles. The second-order valence-electron chi connectivity index (χ2n) is 8.05. The number of para-hydroxylation sites is 1. The summed E-state index contributed by atoms with van der Waals surface area (Å²) in [4.78, 5) is 27.1. The minimum atomic E-state index is -3.45. The molecule has 1 aliphatic heterocycles. The van der Waals surface area contributed by atoms with Gasteiger partial charge in [-0.05, 0) is 36.8 Å². The zero-order valence-corrected chi connectivity index (χ0v) is 17.9. The first-order valence-electron chi connectivity index (χ1n) is 10.1. The molecule has 2 rings (SSSR count). The van der Waals surface area contributed by atoms with E-state index in [4.69, 9.17) is 0 Å². The van der Waals surface area contributed by atoms with Gasteiger partial charge in [-0.15, -0.1) is 0 Å². The van der Waals surface area contributed by atoms with Crippen LogP contribution in [0.15, 0.2) is 24.3 Å². The second-order valence-corrected chi connectivity index (χ2v) is 10.2. The Kier molecular flexibility index (Phi) is 8.04. The van der Waals surface area contributed by atoms with Crippen molar-refractivity contribution in [3.05, 3.63) is 29.8 Å². The zero-order valence-electron chi connectivity index (χ0n) is 17.1. The van der Waals surface area contributed by atoms with E-state index in [1.165, 1.54) is 0 Å². The highest BCUT2D eigenvalue weighted by Crippen LogP contribution is 2.25. The summed E-state index contributed by atoms with van der Waals surface area (Å²) in [7, 11) is -3.45. The molecule has 0 aliphatic carbocycles. The molecule has 7 heteroatoms. The standard InChI is InChI=1S/C21H32N2O4S/c1-4-5-8-11-28(26,27)15-20(24)22-19-10-7-6-9-18(19)21(25)23-13-16(2)12-17(3)14-23/h6-7,9-10,16-17H,4-5,8,11-15H2,1-3H3,(H,22,24). The molecule has 0 bridgehead atoms. The fraction of sp³-hybridized carbons (Fsp3) is 0.619. The summed E-state index contributed by atoms with van der Waals surface area (Å²) >= 11 is 0. The molecular formula is C21H32N2O4S. The average molecular weight is 409 g/mol. The Bertz CT molecular complexity index is 781. The second kappa shape index (κ2) is 10.0. The highest BCUT2D eigenvalue weighted by atomic mass is 32.2. The van der Waals surface area contributed by atoms with Crippen molar-refractivity contribution in [1.82, 2.24) is 4.90 Å². The molecule has 2 unspecified atom stereocenters. The average Bonchev–Trinajstić information content (AvgIpc) is 2.60. The van der Waals surface area contributed by atoms with Crippen molar-refractivity contribution in [2.75, 3.05) is 29.9 Å². The molecule has 1 aliphatic rings. The van der Waals surface area contributed by atoms with Crippen LogP contribution < -0.4 is 5.32 Å². The van der Waals surface area contributed by atoms with Crippen molar-refractivity contribution in [2.45, 2.75) is 46.5 Å². The molecule has 1 N–H and O–H groups in total. The van der Waals surface area contributed by atoms with E-state index in [1.807, 2.05) is 11.8 Å². The van der Waals surface area contributed by atoms with Crippen LogP contribution in [0.5, 0.6) is 0 Å². The summed E-state index contributed by atoms with van der Waals surface area (Å²) in [5.41, 5.74) is 0.771. The van der Waals surface area contributed by atoms with Gasteiger partial charge in [0.1, 0.15) is 5.75 Å². The number of nitrogens with zero attached hydrogens (tertiary/aromatic N) is 1. The van der Waals surface area contributed by atoms with Crippen molar-refractivity contribution in [2.24, 2.45) is 11.8 Å². The quantitative estimate of drug-likeness (QED) is 0.669. The van der Waals surface area contributed by atoms with Crippen LogP contribution in [-0.2, 0) is 14.6 Å². The monoisotopic (exact) mass is 408 g/mol. The Morgan fingerprint density at radius 2 is 1.75 bits per heavy atom. The molecule has 0 saturated carbocycles. The molecule has 1 aromatic rings. The Hall–Kier alpha value is -1.89. The number of anilines is 1. The van der Waals surface area contributed by atoms with E-state index >= 15 is 0 Å². The van der Waals surface area contributed by atoms with Gasteiger partial charge in [-0.3, -0.25) is 9.59 Å². The summed E-state index contributed by atoms with van der Waals surface area (Å²) in [5, 5.41) is 2.63. The van der Waals surface area contributed by atoms with Crippen LogP contribution in [0.3, 0.4) is 0 Å². The SMILES string of the molecule is CCCCCS(=O)(=O)CC(=O)Nc1ccccc1C(=O)N1CC(C)CC(C)C1. The Balaban J connectivity index is 2.07. The predicted molar refractivity (Wildman–Crippen MR) is 112 cm³/mol. The Labute approximate surface area is 168 Å². The molecule has 0 radical (unpaired) electrons. The van der Waals surface area contributed by atoms with Gasteiger partial charge < -0.3 is 10.2 Å². The number of likely N-dealkylation sites (tertiary alicyclic amines) is 1. The number of carbonyl (C=O) groups excluding carboxylic acids is 2. The summed E-state index contributed by atoms with van der Waals surface area (Å²) in [6, 6.07) is 6.80. The fourth-order valence-corrected chi connectivity index (χ4v) is 5.07. The molecule has 0 spiro atoms. The topological polar surface area (TPSA) is 83.5 Å². The lowest BCUT2D eigenvalue weighted by molar-refractivity contribution is -0.113. The third-order valence-electron chi connectivity index (χ3n) is 5.00. The fourth-order valence-electron chi connectivity index (χ4n) is 3.81. The third kappa shape index (κ3) is 6.62. The highest BCUT2D eigenvalue weighted by molar-refractivity contribution is 7.92. The van der Waals surface area contributed by atoms with Crippen molar-refractivity contribution < 1.29 is 18.0 Å². The van der Waals surface area contributed by atoms with Gasteiger partial charge >= 0.3 is 0 Å².